The van der Waals surface area contributed by atoms with Crippen molar-refractivity contribution in [1.82, 2.24) is 58.6 Å². The zero-order chi connectivity index (χ0) is 93.0. The highest BCUT2D eigenvalue weighted by molar-refractivity contribution is 6.15. The molecule has 6 heterocycles. The molecule has 0 unspecified atom stereocenters. The van der Waals surface area contributed by atoms with Gasteiger partial charge in [-0.1, -0.05) is 252 Å². The third kappa shape index (κ3) is 16.7. The van der Waals surface area contributed by atoms with Crippen molar-refractivity contribution < 1.29 is 0 Å². The summed E-state index contributed by atoms with van der Waals surface area (Å²) >= 11 is 0. The Morgan fingerprint density at radius 3 is 0.844 bits per heavy atom. The SMILES string of the molecule is Cc1ccc(-c2ccc3c(c2)c2cc(-c4ccc(C)cc4)ccc2n3-c2cc(C#N)ccc2-c2nc(C)nc(C)n2)cc1.Cc1ccc(-c2ccc3c(c2)c2ccccc2n3-c2cc(C#N)ccc2-c2nc(-c3ccccc3)nc(-c3ccccc3)n2)c(C)c1.Cc1ccc(-c2ccc3c4ccc(-c5ccc(C)cc5C)cc4n(-c4cc(C#N)ccc4-c4nc(C)nc(C)n4)c3c2)c(C)c1. The number of nitrogens with zero attached hydrogens (tertiary/aromatic N) is 15. The number of aromatic nitrogens is 12. The molecule has 135 heavy (non-hydrogen) atoms. The van der Waals surface area contributed by atoms with E-state index in [1.165, 1.54) is 77.9 Å². The number of hydrogen-bond acceptors (Lipinski definition) is 12. The zero-order valence-corrected chi connectivity index (χ0v) is 77.0. The molecule has 646 valence electrons. The van der Waals surface area contributed by atoms with Crippen LogP contribution in [-0.4, -0.2) is 58.6 Å². The quantitative estimate of drug-likeness (QED) is 0.106. The molecule has 0 radical (unpaired) electrons. The molecule has 0 aliphatic heterocycles. The van der Waals surface area contributed by atoms with Crippen LogP contribution in [0, 0.1) is 117 Å². The fraction of sp³-hybridized carbons (Fsp3) is 0.100. The maximum absolute atomic E-state index is 10.0. The molecule has 0 amide bonds. The lowest BCUT2D eigenvalue weighted by Gasteiger charge is -2.15. The van der Waals surface area contributed by atoms with Crippen LogP contribution in [-0.2, 0) is 0 Å². The monoisotopic (exact) mass is 1740 g/mol. The molecule has 0 spiro atoms. The fourth-order valence-electron chi connectivity index (χ4n) is 18.9. The number of benzene rings is 16. The normalized spacial score (nSPS) is 11.2. The van der Waals surface area contributed by atoms with E-state index in [4.69, 9.17) is 34.9 Å². The van der Waals surface area contributed by atoms with Crippen molar-refractivity contribution in [3.05, 3.63) is 418 Å². The van der Waals surface area contributed by atoms with Gasteiger partial charge in [-0.15, -0.1) is 0 Å². The number of fused-ring (bicyclic) bond motifs is 9. The molecule has 15 nitrogen and oxygen atoms in total. The third-order valence-electron chi connectivity index (χ3n) is 25.3. The van der Waals surface area contributed by atoms with Gasteiger partial charge < -0.3 is 13.7 Å². The number of nitriles is 3. The Balaban J connectivity index is 0.000000126. The van der Waals surface area contributed by atoms with Crippen LogP contribution >= 0.6 is 0 Å². The summed E-state index contributed by atoms with van der Waals surface area (Å²) in [5, 5.41) is 36.8. The number of hydrogen-bond donors (Lipinski definition) is 0. The van der Waals surface area contributed by atoms with Gasteiger partial charge in [0.25, 0.3) is 0 Å². The van der Waals surface area contributed by atoms with E-state index in [0.717, 1.165) is 133 Å². The maximum Gasteiger partial charge on any atom is 0.166 e. The van der Waals surface area contributed by atoms with E-state index in [0.29, 0.717) is 69.1 Å². The van der Waals surface area contributed by atoms with Gasteiger partial charge in [-0.2, -0.15) is 15.8 Å². The van der Waals surface area contributed by atoms with Gasteiger partial charge in [0.15, 0.2) is 29.1 Å². The van der Waals surface area contributed by atoms with Crippen molar-refractivity contribution >= 4 is 65.4 Å². The van der Waals surface area contributed by atoms with Crippen molar-refractivity contribution in [2.24, 2.45) is 0 Å². The van der Waals surface area contributed by atoms with Crippen LogP contribution in [0.5, 0.6) is 0 Å². The Morgan fingerprint density at radius 1 is 0.185 bits per heavy atom. The molecule has 0 N–H and O–H groups in total. The minimum absolute atomic E-state index is 0.537. The minimum Gasteiger partial charge on any atom is -0.308 e. The molecule has 16 aromatic carbocycles. The molecule has 0 saturated heterocycles. The lowest BCUT2D eigenvalue weighted by molar-refractivity contribution is 0.926. The maximum atomic E-state index is 10.0. The fourth-order valence-corrected chi connectivity index (χ4v) is 18.9. The summed E-state index contributed by atoms with van der Waals surface area (Å²) in [6.45, 7) is 24.6. The van der Waals surface area contributed by atoms with Crippen molar-refractivity contribution in [1.29, 1.82) is 15.8 Å². The summed E-state index contributed by atoms with van der Waals surface area (Å²) in [4.78, 5) is 42.7. The molecule has 0 atom stereocenters. The molecule has 0 saturated carbocycles. The number of para-hydroxylation sites is 1. The molecule has 22 aromatic rings. The van der Waals surface area contributed by atoms with Crippen LogP contribution in [0.15, 0.2) is 334 Å². The van der Waals surface area contributed by atoms with Crippen molar-refractivity contribution in [2.45, 2.75) is 83.1 Å². The highest BCUT2D eigenvalue weighted by Crippen LogP contribution is 2.45. The van der Waals surface area contributed by atoms with Gasteiger partial charge >= 0.3 is 0 Å². The second-order valence-electron chi connectivity index (χ2n) is 34.9. The molecular formula is C120H91N15. The largest absolute Gasteiger partial charge is 0.308 e. The van der Waals surface area contributed by atoms with Crippen LogP contribution in [0.2, 0.25) is 0 Å². The standard InChI is InChI=1S/C42H29N5.C40H33N5.C38H29N5/c1-27-17-20-33(28(2)23-27)32-19-22-38-36(25-32)34-15-9-10-16-37(34)47(38)39-24-29(26-43)18-21-35(39)42-45-40(30-11-5-3-6-12-30)44-41(46-42)31-13-7-4-8-14-31;1-23-7-12-32(25(3)17-23)30-10-15-34-35-16-11-31(33-13-8-24(2)18-26(33)4)21-39(35)45(38(34)20-30)37-19-29(22-41)9-14-36(37)40-43-27(5)42-28(6)44-40;1-23-5-10-28(11-6-23)30-14-17-35-33(20-30)34-21-31(29-12-7-24(2)8-13-29)15-18-36(34)43(35)37-19-27(22-39)9-16-32(37)38-41-25(3)40-26(4)42-38/h3-25H,1-2H3;7-21H,1-6H3;5-21H,1-4H3. The van der Waals surface area contributed by atoms with E-state index in [2.05, 4.69) is 316 Å². The first-order valence-corrected chi connectivity index (χ1v) is 45.1. The van der Waals surface area contributed by atoms with E-state index in [1.54, 1.807) is 0 Å². The molecule has 0 aliphatic carbocycles. The van der Waals surface area contributed by atoms with Crippen LogP contribution < -0.4 is 0 Å². The summed E-state index contributed by atoms with van der Waals surface area (Å²) in [6.07, 6.45) is 0. The summed E-state index contributed by atoms with van der Waals surface area (Å²) in [5.41, 5.74) is 36.5. The van der Waals surface area contributed by atoms with E-state index in [9.17, 15) is 15.8 Å². The summed E-state index contributed by atoms with van der Waals surface area (Å²) < 4.78 is 6.77. The summed E-state index contributed by atoms with van der Waals surface area (Å²) in [5.74, 6) is 5.52. The van der Waals surface area contributed by atoms with Gasteiger partial charge in [0.2, 0.25) is 0 Å². The highest BCUT2D eigenvalue weighted by atomic mass is 15.1. The molecule has 0 bridgehead atoms. The van der Waals surface area contributed by atoms with Gasteiger partial charge in [-0.3, -0.25) is 0 Å². The lowest BCUT2D eigenvalue weighted by Crippen LogP contribution is -2.04. The van der Waals surface area contributed by atoms with Crippen molar-refractivity contribution in [2.75, 3.05) is 0 Å². The van der Waals surface area contributed by atoms with E-state index in [-0.39, 0.29) is 0 Å². The number of rotatable bonds is 13. The third-order valence-corrected chi connectivity index (χ3v) is 25.3. The summed E-state index contributed by atoms with van der Waals surface area (Å²) in [6, 6.07) is 123. The smallest absolute Gasteiger partial charge is 0.166 e. The van der Waals surface area contributed by atoms with Gasteiger partial charge in [0, 0.05) is 60.1 Å². The molecule has 22 rings (SSSR count). The topological polar surface area (TPSA) is 202 Å². The Bertz CT molecular complexity index is 8350. The van der Waals surface area contributed by atoms with Crippen molar-refractivity contribution in [3.63, 3.8) is 0 Å². The first-order valence-electron chi connectivity index (χ1n) is 45.1. The predicted molar refractivity (Wildman–Crippen MR) is 548 cm³/mol. The van der Waals surface area contributed by atoms with Gasteiger partial charge in [0.1, 0.15) is 23.3 Å². The van der Waals surface area contributed by atoms with Gasteiger partial charge in [-0.05, 0) is 265 Å². The first-order chi connectivity index (χ1) is 65.6. The van der Waals surface area contributed by atoms with Crippen LogP contribution in [0.3, 0.4) is 0 Å². The molecule has 15 heteroatoms. The molecule has 0 aliphatic rings. The van der Waals surface area contributed by atoms with E-state index in [1.807, 2.05) is 143 Å². The van der Waals surface area contributed by atoms with Crippen LogP contribution in [0.4, 0.5) is 0 Å². The zero-order valence-electron chi connectivity index (χ0n) is 77.0. The van der Waals surface area contributed by atoms with Gasteiger partial charge in [-0.25, -0.2) is 44.9 Å². The second kappa shape index (κ2) is 35.7. The predicted octanol–water partition coefficient (Wildman–Crippen LogP) is 28.9. The van der Waals surface area contributed by atoms with E-state index < -0.39 is 0 Å². The van der Waals surface area contributed by atoms with Gasteiger partial charge in [0.05, 0.1) is 85.1 Å². The lowest BCUT2D eigenvalue weighted by atomic mass is 9.96. The number of aryl methyl sites for hydroxylation is 12. The average molecular weight is 1740 g/mol. The van der Waals surface area contributed by atoms with Crippen LogP contribution in [0.1, 0.15) is 84.5 Å². The molecule has 6 aromatic heterocycles. The average Bonchev–Trinajstić information content (AvgIpc) is 1.58. The Labute approximate surface area is 783 Å². The Morgan fingerprint density at radius 2 is 0.467 bits per heavy atom. The first kappa shape index (κ1) is 85.5. The second-order valence-corrected chi connectivity index (χ2v) is 34.9. The Hall–Kier alpha value is -17.6. The van der Waals surface area contributed by atoms with Crippen LogP contribution in [0.25, 0.3) is 195 Å². The summed E-state index contributed by atoms with van der Waals surface area (Å²) in [7, 11) is 0. The highest BCUT2D eigenvalue weighted by Gasteiger charge is 2.26. The van der Waals surface area contributed by atoms with Crippen molar-refractivity contribution in [3.8, 4) is 148 Å². The minimum atomic E-state index is 0.537. The molecular weight excluding hydrogens is 1650 g/mol. The molecule has 0 fully saturated rings. The Kier molecular flexibility index (Phi) is 22.6. The van der Waals surface area contributed by atoms with E-state index >= 15 is 0 Å².